The molecule has 0 amide bonds. The third kappa shape index (κ3) is 4.02. The number of rotatable bonds is 4. The number of nitrogens with two attached hydrogens (primary N) is 1. The molecule has 1 saturated heterocycles. The number of nitrogens with one attached hydrogen (secondary N) is 1. The second-order valence-corrected chi connectivity index (χ2v) is 7.64. The number of hydrogen-bond donors (Lipinski definition) is 2. The van der Waals surface area contributed by atoms with E-state index >= 15 is 0 Å². The van der Waals surface area contributed by atoms with Crippen molar-refractivity contribution < 1.29 is 13.2 Å². The summed E-state index contributed by atoms with van der Waals surface area (Å²) in [6, 6.07) is 2.53. The van der Waals surface area contributed by atoms with Crippen LogP contribution in [0.3, 0.4) is 0 Å². The first-order valence-electron chi connectivity index (χ1n) is 6.66. The van der Waals surface area contributed by atoms with Gasteiger partial charge in [-0.3, -0.25) is 0 Å². The first kappa shape index (κ1) is 16.8. The lowest BCUT2D eigenvalue weighted by atomic mass is 9.94. The predicted molar refractivity (Wildman–Crippen MR) is 84.2 cm³/mol. The summed E-state index contributed by atoms with van der Waals surface area (Å²) in [6.07, 6.45) is 1.65. The maximum Gasteiger partial charge on any atom is 0.243 e. The van der Waals surface area contributed by atoms with Crippen LogP contribution in [0.4, 0.5) is 5.69 Å². The van der Waals surface area contributed by atoms with E-state index in [0.29, 0.717) is 18.9 Å². The Hall–Kier alpha value is -0.530. The molecular formula is C13H18Cl2N2O3S. The third-order valence-corrected chi connectivity index (χ3v) is 6.08. The quantitative estimate of drug-likeness (QED) is 0.816. The largest absolute Gasteiger partial charge is 0.399 e. The van der Waals surface area contributed by atoms with Crippen LogP contribution < -0.4 is 10.5 Å². The van der Waals surface area contributed by atoms with Crippen molar-refractivity contribution in [1.29, 1.82) is 0 Å². The fourth-order valence-electron chi connectivity index (χ4n) is 2.45. The second-order valence-electron chi connectivity index (χ2n) is 5.17. The van der Waals surface area contributed by atoms with Crippen molar-refractivity contribution >= 4 is 38.9 Å². The van der Waals surface area contributed by atoms with Crippen LogP contribution in [0.2, 0.25) is 10.0 Å². The summed E-state index contributed by atoms with van der Waals surface area (Å²) in [5, 5.41) is 0.0401. The average molecular weight is 353 g/mol. The fraction of sp³-hybridized carbons (Fsp3) is 0.538. The van der Waals surface area contributed by atoms with Gasteiger partial charge in [0.05, 0.1) is 10.0 Å². The molecule has 1 heterocycles. The number of benzene rings is 1. The smallest absolute Gasteiger partial charge is 0.243 e. The summed E-state index contributed by atoms with van der Waals surface area (Å²) < 4.78 is 32.9. The fourth-order valence-corrected chi connectivity index (χ4v) is 5.00. The first-order valence-corrected chi connectivity index (χ1v) is 8.90. The molecule has 1 aliphatic heterocycles. The van der Waals surface area contributed by atoms with E-state index in [9.17, 15) is 8.42 Å². The molecule has 3 N–H and O–H groups in total. The Balaban J connectivity index is 2.22. The summed E-state index contributed by atoms with van der Waals surface area (Å²) >= 11 is 12.0. The Morgan fingerprint density at radius 3 is 2.33 bits per heavy atom. The van der Waals surface area contributed by atoms with E-state index < -0.39 is 10.0 Å². The van der Waals surface area contributed by atoms with Crippen molar-refractivity contribution in [2.75, 3.05) is 18.9 Å². The maximum absolute atomic E-state index is 12.5. The predicted octanol–water partition coefficient (Wildman–Crippen LogP) is 2.67. The highest BCUT2D eigenvalue weighted by Gasteiger charge is 2.28. The molecular weight excluding hydrogens is 335 g/mol. The van der Waals surface area contributed by atoms with Gasteiger partial charge in [-0.05, 0) is 37.8 Å². The van der Waals surface area contributed by atoms with Crippen LogP contribution >= 0.6 is 23.2 Å². The van der Waals surface area contributed by atoms with Crippen LogP contribution in [-0.4, -0.2) is 27.7 Å². The van der Waals surface area contributed by atoms with Gasteiger partial charge < -0.3 is 10.5 Å². The molecule has 2 rings (SSSR count). The van der Waals surface area contributed by atoms with E-state index in [-0.39, 0.29) is 26.9 Å². The van der Waals surface area contributed by atoms with Crippen molar-refractivity contribution in [2.24, 2.45) is 5.92 Å². The van der Waals surface area contributed by atoms with Crippen LogP contribution in [-0.2, 0) is 14.8 Å². The van der Waals surface area contributed by atoms with Crippen molar-refractivity contribution in [3.8, 4) is 0 Å². The standard InChI is InChI=1S/C13H18Cl2N2O3S/c1-8(9-2-4-20-5-3-9)17-21(18,19)13-11(14)6-10(16)7-12(13)15/h6-9,17H,2-5,16H2,1H3. The number of sulfonamides is 1. The Morgan fingerprint density at radius 1 is 1.29 bits per heavy atom. The molecule has 0 aromatic heterocycles. The van der Waals surface area contributed by atoms with Crippen LogP contribution in [0.25, 0.3) is 0 Å². The summed E-state index contributed by atoms with van der Waals surface area (Å²) in [4.78, 5) is -0.126. The second kappa shape index (κ2) is 6.71. The number of ether oxygens (including phenoxy) is 1. The van der Waals surface area contributed by atoms with Gasteiger partial charge in [-0.1, -0.05) is 23.2 Å². The van der Waals surface area contributed by atoms with E-state index in [0.717, 1.165) is 12.8 Å². The summed E-state index contributed by atoms with van der Waals surface area (Å²) in [5.41, 5.74) is 5.91. The Bertz CT molecular complexity index is 593. The van der Waals surface area contributed by atoms with Crippen LogP contribution in [0.1, 0.15) is 19.8 Å². The van der Waals surface area contributed by atoms with Gasteiger partial charge in [0.1, 0.15) is 4.90 Å². The highest BCUT2D eigenvalue weighted by molar-refractivity contribution is 7.89. The van der Waals surface area contributed by atoms with Crippen LogP contribution in [0.5, 0.6) is 0 Å². The van der Waals surface area contributed by atoms with Gasteiger partial charge in [0, 0.05) is 24.9 Å². The zero-order chi connectivity index (χ0) is 15.6. The van der Waals surface area contributed by atoms with Gasteiger partial charge in [-0.25, -0.2) is 13.1 Å². The monoisotopic (exact) mass is 352 g/mol. The summed E-state index contributed by atoms with van der Waals surface area (Å²) in [7, 11) is -3.80. The van der Waals surface area contributed by atoms with Crippen LogP contribution in [0.15, 0.2) is 17.0 Å². The van der Waals surface area contributed by atoms with Gasteiger partial charge in [0.25, 0.3) is 0 Å². The summed E-state index contributed by atoms with van der Waals surface area (Å²) in [6.45, 7) is 3.15. The maximum atomic E-state index is 12.5. The lowest BCUT2D eigenvalue weighted by molar-refractivity contribution is 0.0585. The molecule has 1 aliphatic rings. The van der Waals surface area contributed by atoms with E-state index in [1.54, 1.807) is 0 Å². The zero-order valence-electron chi connectivity index (χ0n) is 11.6. The highest BCUT2D eigenvalue weighted by atomic mass is 35.5. The normalized spacial score (nSPS) is 18.6. The summed E-state index contributed by atoms with van der Waals surface area (Å²) in [5.74, 6) is 0.236. The minimum Gasteiger partial charge on any atom is -0.399 e. The Labute approximate surface area is 134 Å². The number of halogens is 2. The molecule has 0 bridgehead atoms. The lowest BCUT2D eigenvalue weighted by Gasteiger charge is -2.28. The van der Waals surface area contributed by atoms with Gasteiger partial charge in [0.15, 0.2) is 0 Å². The molecule has 1 aromatic rings. The molecule has 5 nitrogen and oxygen atoms in total. The van der Waals surface area contributed by atoms with Gasteiger partial charge in [-0.15, -0.1) is 0 Å². The van der Waals surface area contributed by atoms with Crippen molar-refractivity contribution in [2.45, 2.75) is 30.7 Å². The molecule has 0 aliphatic carbocycles. The molecule has 0 spiro atoms. The third-order valence-electron chi connectivity index (χ3n) is 3.60. The zero-order valence-corrected chi connectivity index (χ0v) is 13.9. The molecule has 8 heteroatoms. The topological polar surface area (TPSA) is 81.4 Å². The molecule has 1 unspecified atom stereocenters. The minimum absolute atomic E-state index is 0.0201. The molecule has 118 valence electrons. The van der Waals surface area contributed by atoms with Crippen molar-refractivity contribution in [1.82, 2.24) is 4.72 Å². The van der Waals surface area contributed by atoms with Crippen LogP contribution in [0, 0.1) is 5.92 Å². The van der Waals surface area contributed by atoms with Crippen molar-refractivity contribution in [3.63, 3.8) is 0 Å². The number of anilines is 1. The highest BCUT2D eigenvalue weighted by Crippen LogP contribution is 2.32. The molecule has 21 heavy (non-hydrogen) atoms. The lowest BCUT2D eigenvalue weighted by Crippen LogP contribution is -2.40. The number of hydrogen-bond acceptors (Lipinski definition) is 4. The van der Waals surface area contributed by atoms with E-state index in [4.69, 9.17) is 33.7 Å². The molecule has 0 radical (unpaired) electrons. The molecule has 1 fully saturated rings. The van der Waals surface area contributed by atoms with Gasteiger partial charge in [0.2, 0.25) is 10.0 Å². The number of nitrogen functional groups attached to an aromatic ring is 1. The van der Waals surface area contributed by atoms with E-state index in [1.807, 2.05) is 6.92 Å². The molecule has 0 saturated carbocycles. The molecule has 1 atom stereocenters. The van der Waals surface area contributed by atoms with Gasteiger partial charge >= 0.3 is 0 Å². The minimum atomic E-state index is -3.80. The van der Waals surface area contributed by atoms with E-state index in [1.165, 1.54) is 12.1 Å². The van der Waals surface area contributed by atoms with E-state index in [2.05, 4.69) is 4.72 Å². The SMILES string of the molecule is CC(NS(=O)(=O)c1c(Cl)cc(N)cc1Cl)C1CCOCC1. The first-order chi connectivity index (χ1) is 9.81. The van der Waals surface area contributed by atoms with Gasteiger partial charge in [-0.2, -0.15) is 0 Å². The average Bonchev–Trinajstić information content (AvgIpc) is 2.37. The Kier molecular flexibility index (Phi) is 5.38. The Morgan fingerprint density at radius 2 is 1.81 bits per heavy atom. The molecule has 1 aromatic carbocycles. The van der Waals surface area contributed by atoms with Crippen molar-refractivity contribution in [3.05, 3.63) is 22.2 Å².